The summed E-state index contributed by atoms with van der Waals surface area (Å²) in [6.07, 6.45) is -6.09. The average Bonchev–Trinajstić information content (AvgIpc) is 2.34. The number of hydrogen-bond acceptors (Lipinski definition) is 2. The first-order valence-corrected chi connectivity index (χ1v) is 6.44. The highest BCUT2D eigenvalue weighted by Crippen LogP contribution is 2.20. The van der Waals surface area contributed by atoms with Crippen LogP contribution in [0.3, 0.4) is 0 Å². The molecule has 0 aromatic carbocycles. The molecule has 2 N–H and O–H groups in total. The molecule has 0 radical (unpaired) electrons. The van der Waals surface area contributed by atoms with Crippen molar-refractivity contribution in [3.63, 3.8) is 0 Å². The molecular formula is C12H14F6N2O2. The minimum atomic E-state index is -5.16. The first-order valence-electron chi connectivity index (χ1n) is 6.44. The van der Waals surface area contributed by atoms with E-state index < -0.39 is 36.3 Å². The molecule has 2 unspecified atom stereocenters. The molecule has 2 amide bonds. The summed E-state index contributed by atoms with van der Waals surface area (Å²) < 4.78 is 73.6. The van der Waals surface area contributed by atoms with Gasteiger partial charge in [0.15, 0.2) is 0 Å². The van der Waals surface area contributed by atoms with Crippen LogP contribution in [0, 0.1) is 0 Å². The van der Waals surface area contributed by atoms with Crippen molar-refractivity contribution in [2.75, 3.05) is 0 Å². The van der Waals surface area contributed by atoms with Gasteiger partial charge in [0.05, 0.1) is 12.1 Å². The molecule has 0 saturated carbocycles. The van der Waals surface area contributed by atoms with Gasteiger partial charge in [-0.25, -0.2) is 0 Å². The van der Waals surface area contributed by atoms with Crippen LogP contribution >= 0.6 is 0 Å². The van der Waals surface area contributed by atoms with E-state index in [0.717, 1.165) is 0 Å². The minimum Gasteiger partial charge on any atom is -0.343 e. The molecule has 1 aliphatic rings. The Hall–Kier alpha value is -1.74. The Kier molecular flexibility index (Phi) is 5.84. The lowest BCUT2D eigenvalue weighted by molar-refractivity contribution is -0.176. The highest BCUT2D eigenvalue weighted by atomic mass is 19.4. The van der Waals surface area contributed by atoms with Gasteiger partial charge in [0.1, 0.15) is 0 Å². The molecule has 0 fully saturated rings. The van der Waals surface area contributed by atoms with Crippen LogP contribution in [-0.2, 0) is 9.59 Å². The average molecular weight is 332 g/mol. The number of carbonyl (C=O) groups excluding carboxylic acids is 2. The normalized spacial score (nSPS) is 24.8. The van der Waals surface area contributed by atoms with Gasteiger partial charge >= 0.3 is 24.2 Å². The largest absolute Gasteiger partial charge is 0.471 e. The Labute approximate surface area is 121 Å². The standard InChI is InChI=1S/C12H14F6N2O2/c13-11(14,15)9(21)19-7-5-3-1-2-4-6-8(7)20-10(22)12(16,17)18/h3,5,7-8H,1-2,4,6H2,(H,19,21)(H,20,22)/b5-3-. The van der Waals surface area contributed by atoms with E-state index in [1.165, 1.54) is 12.2 Å². The van der Waals surface area contributed by atoms with Crippen LogP contribution in [-0.4, -0.2) is 36.3 Å². The molecule has 0 aromatic rings. The Balaban J connectivity index is 2.87. The quantitative estimate of drug-likeness (QED) is 0.602. The Morgan fingerprint density at radius 3 is 2.00 bits per heavy atom. The first-order chi connectivity index (χ1) is 10.0. The second kappa shape index (κ2) is 7.01. The van der Waals surface area contributed by atoms with E-state index in [0.29, 0.717) is 19.3 Å². The van der Waals surface area contributed by atoms with E-state index in [2.05, 4.69) is 0 Å². The lowest BCUT2D eigenvalue weighted by atomic mass is 9.96. The Morgan fingerprint density at radius 1 is 0.909 bits per heavy atom. The van der Waals surface area contributed by atoms with Crippen LogP contribution in [0.25, 0.3) is 0 Å². The van der Waals surface area contributed by atoms with Gasteiger partial charge in [-0.3, -0.25) is 9.59 Å². The summed E-state index contributed by atoms with van der Waals surface area (Å²) in [6, 6.07) is -2.63. The second-order valence-corrected chi connectivity index (χ2v) is 4.79. The number of carbonyl (C=O) groups is 2. The summed E-state index contributed by atoms with van der Waals surface area (Å²) in [5, 5.41) is 3.24. The molecule has 10 heteroatoms. The van der Waals surface area contributed by atoms with E-state index in [-0.39, 0.29) is 6.42 Å². The number of alkyl halides is 6. The number of amides is 2. The second-order valence-electron chi connectivity index (χ2n) is 4.79. The van der Waals surface area contributed by atoms with Crippen molar-refractivity contribution in [3.05, 3.63) is 12.2 Å². The third kappa shape index (κ3) is 5.57. The molecule has 0 saturated heterocycles. The summed E-state index contributed by atoms with van der Waals surface area (Å²) in [5.41, 5.74) is 0. The van der Waals surface area contributed by atoms with Gasteiger partial charge in [0.2, 0.25) is 0 Å². The SMILES string of the molecule is O=C(NC1/C=C\CCCCC1NC(=O)C(F)(F)F)C(F)(F)F. The fourth-order valence-electron chi connectivity index (χ4n) is 1.98. The van der Waals surface area contributed by atoms with Crippen LogP contribution in [0.2, 0.25) is 0 Å². The molecule has 4 nitrogen and oxygen atoms in total. The van der Waals surface area contributed by atoms with E-state index in [4.69, 9.17) is 0 Å². The first kappa shape index (κ1) is 18.3. The van der Waals surface area contributed by atoms with Gasteiger partial charge in [0, 0.05) is 0 Å². The van der Waals surface area contributed by atoms with E-state index in [9.17, 15) is 35.9 Å². The number of allylic oxidation sites excluding steroid dienone is 1. The molecule has 0 bridgehead atoms. The van der Waals surface area contributed by atoms with Gasteiger partial charge in [0.25, 0.3) is 0 Å². The maximum absolute atomic E-state index is 12.3. The van der Waals surface area contributed by atoms with Crippen LogP contribution < -0.4 is 10.6 Å². The molecule has 2 atom stereocenters. The summed E-state index contributed by atoms with van der Waals surface area (Å²) in [7, 11) is 0. The molecule has 1 rings (SSSR count). The fraction of sp³-hybridized carbons (Fsp3) is 0.667. The monoisotopic (exact) mass is 332 g/mol. The molecule has 126 valence electrons. The zero-order valence-corrected chi connectivity index (χ0v) is 11.2. The van der Waals surface area contributed by atoms with Crippen molar-refractivity contribution in [3.8, 4) is 0 Å². The topological polar surface area (TPSA) is 58.2 Å². The van der Waals surface area contributed by atoms with Crippen molar-refractivity contribution >= 4 is 11.8 Å². The maximum Gasteiger partial charge on any atom is 0.471 e. The molecule has 1 aliphatic carbocycles. The molecule has 22 heavy (non-hydrogen) atoms. The van der Waals surface area contributed by atoms with E-state index in [1.54, 1.807) is 10.6 Å². The zero-order chi connectivity index (χ0) is 17.0. The lowest BCUT2D eigenvalue weighted by Gasteiger charge is -2.28. The van der Waals surface area contributed by atoms with Crippen molar-refractivity contribution < 1.29 is 35.9 Å². The lowest BCUT2D eigenvalue weighted by Crippen LogP contribution is -2.55. The van der Waals surface area contributed by atoms with Gasteiger partial charge in [-0.15, -0.1) is 0 Å². The van der Waals surface area contributed by atoms with Crippen molar-refractivity contribution in [2.24, 2.45) is 0 Å². The Bertz CT molecular complexity index is 444. The van der Waals surface area contributed by atoms with Gasteiger partial charge in [-0.1, -0.05) is 18.6 Å². The highest BCUT2D eigenvalue weighted by molar-refractivity contribution is 5.83. The van der Waals surface area contributed by atoms with Gasteiger partial charge in [-0.05, 0) is 19.3 Å². The van der Waals surface area contributed by atoms with E-state index in [1.807, 2.05) is 0 Å². The van der Waals surface area contributed by atoms with Crippen LogP contribution in [0.15, 0.2) is 12.2 Å². The minimum absolute atomic E-state index is 0.0228. The Morgan fingerprint density at radius 2 is 1.45 bits per heavy atom. The number of halogens is 6. The number of hydrogen-bond donors (Lipinski definition) is 2. The van der Waals surface area contributed by atoms with Crippen molar-refractivity contribution in [1.82, 2.24) is 10.6 Å². The van der Waals surface area contributed by atoms with Crippen molar-refractivity contribution in [1.29, 1.82) is 0 Å². The number of nitrogens with one attached hydrogen (secondary N) is 2. The van der Waals surface area contributed by atoms with Gasteiger partial charge < -0.3 is 10.6 Å². The predicted octanol–water partition coefficient (Wildman–Crippen LogP) is 2.21. The molecule has 0 aliphatic heterocycles. The predicted molar refractivity (Wildman–Crippen MR) is 63.6 cm³/mol. The molecule has 0 spiro atoms. The van der Waals surface area contributed by atoms with Crippen LogP contribution in [0.4, 0.5) is 26.3 Å². The number of rotatable bonds is 2. The zero-order valence-electron chi connectivity index (χ0n) is 11.2. The summed E-state index contributed by atoms with van der Waals surface area (Å²) in [4.78, 5) is 21.9. The third-order valence-electron chi connectivity index (χ3n) is 3.04. The molecular weight excluding hydrogens is 318 g/mol. The third-order valence-corrected chi connectivity index (χ3v) is 3.04. The highest BCUT2D eigenvalue weighted by Gasteiger charge is 2.43. The summed E-state index contributed by atoms with van der Waals surface area (Å²) >= 11 is 0. The summed E-state index contributed by atoms with van der Waals surface area (Å²) in [5.74, 6) is -4.52. The van der Waals surface area contributed by atoms with Crippen LogP contribution in [0.1, 0.15) is 25.7 Å². The smallest absolute Gasteiger partial charge is 0.343 e. The van der Waals surface area contributed by atoms with E-state index >= 15 is 0 Å². The molecule has 0 heterocycles. The molecule has 0 aromatic heterocycles. The maximum atomic E-state index is 12.3. The fourth-order valence-corrected chi connectivity index (χ4v) is 1.98. The van der Waals surface area contributed by atoms with Crippen molar-refractivity contribution in [2.45, 2.75) is 50.1 Å². The van der Waals surface area contributed by atoms with Gasteiger partial charge in [-0.2, -0.15) is 26.3 Å². The summed E-state index contributed by atoms with van der Waals surface area (Å²) in [6.45, 7) is 0. The van der Waals surface area contributed by atoms with Crippen LogP contribution in [0.5, 0.6) is 0 Å².